The summed E-state index contributed by atoms with van der Waals surface area (Å²) in [5, 5.41) is 6.78. The highest BCUT2D eigenvalue weighted by atomic mass is 16.2. The molecule has 5 heteroatoms. The van der Waals surface area contributed by atoms with Gasteiger partial charge in [0.15, 0.2) is 5.82 Å². The quantitative estimate of drug-likeness (QED) is 0.827. The summed E-state index contributed by atoms with van der Waals surface area (Å²) in [7, 11) is 1.90. The SMILES string of the molecule is CN1[NH2+]N(c2ccccc2)C=C1NC(=O)c1ccccc1. The minimum Gasteiger partial charge on any atom is -0.303 e. The lowest BCUT2D eigenvalue weighted by molar-refractivity contribution is -0.785. The average Bonchev–Trinajstić information content (AvgIpc) is 2.90. The van der Waals surface area contributed by atoms with Gasteiger partial charge in [-0.15, -0.1) is 5.53 Å². The number of hydrogen-bond donors (Lipinski definition) is 2. The Morgan fingerprint density at radius 2 is 1.62 bits per heavy atom. The van der Waals surface area contributed by atoms with Crippen molar-refractivity contribution in [1.29, 1.82) is 0 Å². The largest absolute Gasteiger partial charge is 0.303 e. The second kappa shape index (κ2) is 5.68. The molecule has 21 heavy (non-hydrogen) atoms. The van der Waals surface area contributed by atoms with Gasteiger partial charge in [-0.25, -0.2) is 0 Å². The van der Waals surface area contributed by atoms with Crippen LogP contribution in [0.2, 0.25) is 0 Å². The number of anilines is 1. The maximum atomic E-state index is 12.2. The van der Waals surface area contributed by atoms with Gasteiger partial charge in [-0.2, -0.15) is 10.0 Å². The van der Waals surface area contributed by atoms with E-state index in [0.29, 0.717) is 5.56 Å². The summed E-state index contributed by atoms with van der Waals surface area (Å²) < 4.78 is 0. The van der Waals surface area contributed by atoms with Gasteiger partial charge in [0.05, 0.1) is 12.7 Å². The van der Waals surface area contributed by atoms with Crippen molar-refractivity contribution in [3.05, 3.63) is 78.2 Å². The Balaban J connectivity index is 1.75. The minimum absolute atomic E-state index is 0.114. The summed E-state index contributed by atoms with van der Waals surface area (Å²) in [4.78, 5) is 12.2. The lowest BCUT2D eigenvalue weighted by atomic mass is 10.2. The van der Waals surface area contributed by atoms with Crippen LogP contribution in [0, 0.1) is 0 Å². The maximum absolute atomic E-state index is 12.2. The second-order valence-corrected chi connectivity index (χ2v) is 4.80. The zero-order valence-electron chi connectivity index (χ0n) is 11.7. The van der Waals surface area contributed by atoms with Gasteiger partial charge in [0.2, 0.25) is 0 Å². The van der Waals surface area contributed by atoms with Crippen LogP contribution < -0.4 is 15.9 Å². The van der Waals surface area contributed by atoms with Gasteiger partial charge in [0, 0.05) is 5.56 Å². The fourth-order valence-corrected chi connectivity index (χ4v) is 2.14. The summed E-state index contributed by atoms with van der Waals surface area (Å²) in [6.45, 7) is 0. The Hall–Kier alpha value is -2.79. The summed E-state index contributed by atoms with van der Waals surface area (Å²) in [6.07, 6.45) is 1.90. The number of rotatable bonds is 3. The molecular formula is C16H17N4O+. The maximum Gasteiger partial charge on any atom is 0.256 e. The van der Waals surface area contributed by atoms with Crippen molar-refractivity contribution >= 4 is 11.6 Å². The molecule has 2 aromatic rings. The van der Waals surface area contributed by atoms with Crippen LogP contribution in [0.15, 0.2) is 72.7 Å². The number of carbonyl (C=O) groups excluding carboxylic acids is 1. The zero-order valence-corrected chi connectivity index (χ0v) is 11.7. The molecule has 0 spiro atoms. The number of hydrogen-bond acceptors (Lipinski definition) is 3. The van der Waals surface area contributed by atoms with Crippen molar-refractivity contribution in [3.8, 4) is 0 Å². The third-order valence-electron chi connectivity index (χ3n) is 3.27. The normalized spacial score (nSPS) is 14.0. The monoisotopic (exact) mass is 281 g/mol. The number of quaternary nitrogens is 1. The van der Waals surface area contributed by atoms with Gasteiger partial charge in [-0.3, -0.25) is 4.79 Å². The highest BCUT2D eigenvalue weighted by Gasteiger charge is 2.24. The van der Waals surface area contributed by atoms with E-state index in [9.17, 15) is 4.79 Å². The van der Waals surface area contributed by atoms with Crippen molar-refractivity contribution in [1.82, 2.24) is 10.3 Å². The molecule has 0 aromatic heterocycles. The molecule has 2 aromatic carbocycles. The van der Waals surface area contributed by atoms with Crippen molar-refractivity contribution in [2.24, 2.45) is 0 Å². The van der Waals surface area contributed by atoms with Crippen LogP contribution in [-0.2, 0) is 0 Å². The minimum atomic E-state index is -0.114. The molecule has 1 heterocycles. The summed E-state index contributed by atoms with van der Waals surface area (Å²) >= 11 is 0. The number of nitrogens with two attached hydrogens (primary N) is 1. The number of carbonyl (C=O) groups is 1. The summed E-state index contributed by atoms with van der Waals surface area (Å²) in [5.74, 6) is 0.629. The van der Waals surface area contributed by atoms with E-state index in [2.05, 4.69) is 5.32 Å². The van der Waals surface area contributed by atoms with Gasteiger partial charge in [0.1, 0.15) is 6.20 Å². The predicted molar refractivity (Wildman–Crippen MR) is 80.6 cm³/mol. The van der Waals surface area contributed by atoms with Crippen LogP contribution in [0.5, 0.6) is 0 Å². The van der Waals surface area contributed by atoms with Gasteiger partial charge >= 0.3 is 0 Å². The van der Waals surface area contributed by atoms with E-state index >= 15 is 0 Å². The third-order valence-corrected chi connectivity index (χ3v) is 3.27. The molecule has 0 saturated heterocycles. The van der Waals surface area contributed by atoms with Crippen molar-refractivity contribution in [2.45, 2.75) is 0 Å². The van der Waals surface area contributed by atoms with E-state index in [-0.39, 0.29) is 5.91 Å². The van der Waals surface area contributed by atoms with Gasteiger partial charge in [0.25, 0.3) is 5.91 Å². The van der Waals surface area contributed by atoms with Crippen molar-refractivity contribution < 1.29 is 10.3 Å². The van der Waals surface area contributed by atoms with Crippen LogP contribution in [0.4, 0.5) is 5.69 Å². The first-order valence-corrected chi connectivity index (χ1v) is 6.73. The lowest BCUT2D eigenvalue weighted by Gasteiger charge is -2.15. The van der Waals surface area contributed by atoms with E-state index in [4.69, 9.17) is 0 Å². The highest BCUT2D eigenvalue weighted by Crippen LogP contribution is 2.13. The molecule has 3 rings (SSSR count). The zero-order chi connectivity index (χ0) is 14.7. The van der Waals surface area contributed by atoms with Crippen LogP contribution in [0.25, 0.3) is 0 Å². The highest BCUT2D eigenvalue weighted by molar-refractivity contribution is 5.95. The Kier molecular flexibility index (Phi) is 3.57. The third kappa shape index (κ3) is 2.88. The molecule has 0 bridgehead atoms. The molecule has 0 aliphatic carbocycles. The number of amides is 1. The predicted octanol–water partition coefficient (Wildman–Crippen LogP) is 1.06. The Morgan fingerprint density at radius 3 is 2.29 bits per heavy atom. The molecule has 1 amide bonds. The van der Waals surface area contributed by atoms with Gasteiger partial charge in [-0.1, -0.05) is 36.4 Å². The lowest BCUT2D eigenvalue weighted by Crippen LogP contribution is -2.97. The molecule has 5 nitrogen and oxygen atoms in total. The van der Waals surface area contributed by atoms with Crippen LogP contribution in [-0.4, -0.2) is 18.0 Å². The number of benzene rings is 2. The molecule has 106 valence electrons. The molecule has 0 atom stereocenters. The Labute approximate surface area is 123 Å². The van der Waals surface area contributed by atoms with Crippen molar-refractivity contribution in [3.63, 3.8) is 0 Å². The Morgan fingerprint density at radius 1 is 1.00 bits per heavy atom. The van der Waals surface area contributed by atoms with E-state index in [1.165, 1.54) is 0 Å². The summed E-state index contributed by atoms with van der Waals surface area (Å²) in [5.41, 5.74) is 3.62. The van der Waals surface area contributed by atoms with Gasteiger partial charge < -0.3 is 5.32 Å². The van der Waals surface area contributed by atoms with Crippen LogP contribution in [0.1, 0.15) is 10.4 Å². The molecule has 0 unspecified atom stereocenters. The molecule has 1 aliphatic rings. The van der Waals surface area contributed by atoms with E-state index < -0.39 is 0 Å². The topological polar surface area (TPSA) is 52.2 Å². The first kappa shape index (κ1) is 13.2. The smallest absolute Gasteiger partial charge is 0.256 e. The number of nitrogens with zero attached hydrogens (tertiary/aromatic N) is 2. The standard InChI is InChI=1S/C16H16N4O/c1-19-15(17-16(21)13-8-4-2-5-9-13)12-20(18-19)14-10-6-3-7-11-14/h2-12,18H,1H3,(H,17,21)/p+1. The van der Waals surface area contributed by atoms with E-state index in [1.54, 1.807) is 12.1 Å². The second-order valence-electron chi connectivity index (χ2n) is 4.80. The van der Waals surface area contributed by atoms with Gasteiger partial charge in [-0.05, 0) is 24.3 Å². The molecule has 0 radical (unpaired) electrons. The van der Waals surface area contributed by atoms with Crippen molar-refractivity contribution in [2.75, 3.05) is 12.1 Å². The van der Waals surface area contributed by atoms with Crippen LogP contribution in [0.3, 0.4) is 0 Å². The molecule has 1 aliphatic heterocycles. The first-order chi connectivity index (χ1) is 10.2. The Bertz CT molecular complexity index is 654. The summed E-state index contributed by atoms with van der Waals surface area (Å²) in [6, 6.07) is 19.2. The molecule has 3 N–H and O–H groups in total. The molecular weight excluding hydrogens is 264 g/mol. The number of nitrogens with one attached hydrogen (secondary N) is 1. The first-order valence-electron chi connectivity index (χ1n) is 6.73. The van der Waals surface area contributed by atoms with Crippen LogP contribution >= 0.6 is 0 Å². The number of para-hydroxylation sites is 1. The average molecular weight is 281 g/mol. The van der Waals surface area contributed by atoms with E-state index in [1.807, 2.05) is 77.3 Å². The fourth-order valence-electron chi connectivity index (χ4n) is 2.14. The van der Waals surface area contributed by atoms with E-state index in [0.717, 1.165) is 11.5 Å². The molecule has 0 fully saturated rings. The molecule has 0 saturated carbocycles. The fraction of sp³-hybridized carbons (Fsp3) is 0.0625.